The van der Waals surface area contributed by atoms with Crippen molar-refractivity contribution < 1.29 is 18.0 Å². The predicted octanol–water partition coefficient (Wildman–Crippen LogP) is 4.15. The second-order valence-electron chi connectivity index (χ2n) is 8.30. The summed E-state index contributed by atoms with van der Waals surface area (Å²) in [5.74, 6) is -0.973. The molecular formula is C28H26N4O4S. The predicted molar refractivity (Wildman–Crippen MR) is 143 cm³/mol. The number of nitrogens with zero attached hydrogens (tertiary/aromatic N) is 2. The number of rotatable bonds is 9. The summed E-state index contributed by atoms with van der Waals surface area (Å²) in [7, 11) is -4.03. The maximum atomic E-state index is 13.5. The minimum atomic E-state index is -4.03. The summed E-state index contributed by atoms with van der Waals surface area (Å²) < 4.78 is 28.0. The van der Waals surface area contributed by atoms with Crippen molar-refractivity contribution in [3.8, 4) is 0 Å². The summed E-state index contributed by atoms with van der Waals surface area (Å²) in [5.41, 5.74) is 2.67. The van der Waals surface area contributed by atoms with Crippen LogP contribution in [0.4, 0.5) is 11.4 Å². The Morgan fingerprint density at radius 1 is 0.865 bits per heavy atom. The Kier molecular flexibility index (Phi) is 7.95. The molecule has 1 aromatic heterocycles. The lowest BCUT2D eigenvalue weighted by molar-refractivity contribution is -0.114. The Hall–Kier alpha value is -4.50. The number of pyridine rings is 1. The number of hydrogen-bond acceptors (Lipinski definition) is 5. The highest BCUT2D eigenvalue weighted by molar-refractivity contribution is 7.92. The van der Waals surface area contributed by atoms with Gasteiger partial charge < -0.3 is 10.6 Å². The molecule has 2 amide bonds. The highest BCUT2D eigenvalue weighted by atomic mass is 32.2. The van der Waals surface area contributed by atoms with Crippen LogP contribution in [0.15, 0.2) is 108 Å². The lowest BCUT2D eigenvalue weighted by Gasteiger charge is -2.24. The van der Waals surface area contributed by atoms with E-state index in [1.54, 1.807) is 85.2 Å². The maximum Gasteiger partial charge on any atom is 0.264 e. The van der Waals surface area contributed by atoms with Gasteiger partial charge in [-0.15, -0.1) is 0 Å². The molecule has 0 radical (unpaired) electrons. The largest absolute Gasteiger partial charge is 0.348 e. The molecule has 188 valence electrons. The first-order valence-electron chi connectivity index (χ1n) is 11.5. The molecule has 37 heavy (non-hydrogen) atoms. The van der Waals surface area contributed by atoms with Gasteiger partial charge in [-0.2, -0.15) is 0 Å². The van der Waals surface area contributed by atoms with Crippen LogP contribution in [0.5, 0.6) is 0 Å². The smallest absolute Gasteiger partial charge is 0.264 e. The van der Waals surface area contributed by atoms with Gasteiger partial charge in [0.1, 0.15) is 6.54 Å². The third kappa shape index (κ3) is 6.39. The van der Waals surface area contributed by atoms with Gasteiger partial charge in [0.15, 0.2) is 0 Å². The fourth-order valence-corrected chi connectivity index (χ4v) is 5.08. The maximum absolute atomic E-state index is 13.5. The van der Waals surface area contributed by atoms with Crippen molar-refractivity contribution >= 4 is 33.2 Å². The highest BCUT2D eigenvalue weighted by Gasteiger charge is 2.27. The van der Waals surface area contributed by atoms with E-state index >= 15 is 0 Å². The van der Waals surface area contributed by atoms with Crippen LogP contribution in [0.25, 0.3) is 0 Å². The van der Waals surface area contributed by atoms with Crippen molar-refractivity contribution in [1.82, 2.24) is 10.3 Å². The van der Waals surface area contributed by atoms with E-state index < -0.39 is 22.5 Å². The molecule has 0 fully saturated rings. The Bertz CT molecular complexity index is 1480. The summed E-state index contributed by atoms with van der Waals surface area (Å²) >= 11 is 0. The molecule has 0 saturated heterocycles. The van der Waals surface area contributed by atoms with E-state index in [0.717, 1.165) is 15.4 Å². The van der Waals surface area contributed by atoms with E-state index in [9.17, 15) is 18.0 Å². The van der Waals surface area contributed by atoms with E-state index in [2.05, 4.69) is 15.6 Å². The average Bonchev–Trinajstić information content (AvgIpc) is 2.92. The second kappa shape index (κ2) is 11.5. The molecular weight excluding hydrogens is 488 g/mol. The number of anilines is 2. The Balaban J connectivity index is 1.55. The first-order chi connectivity index (χ1) is 17.8. The Labute approximate surface area is 216 Å². The molecule has 0 saturated carbocycles. The number of amides is 2. The van der Waals surface area contributed by atoms with Crippen LogP contribution in [0.3, 0.4) is 0 Å². The highest BCUT2D eigenvalue weighted by Crippen LogP contribution is 2.24. The minimum absolute atomic E-state index is 0.0681. The molecule has 0 spiro atoms. The number of sulfonamides is 1. The number of benzene rings is 3. The van der Waals surface area contributed by atoms with Crippen molar-refractivity contribution in [3.05, 3.63) is 120 Å². The van der Waals surface area contributed by atoms with E-state index in [4.69, 9.17) is 0 Å². The van der Waals surface area contributed by atoms with Crippen LogP contribution in [0.1, 0.15) is 21.5 Å². The number of para-hydroxylation sites is 1. The topological polar surface area (TPSA) is 108 Å². The van der Waals surface area contributed by atoms with Crippen LogP contribution >= 0.6 is 0 Å². The third-order valence-electron chi connectivity index (χ3n) is 5.56. The standard InChI is InChI=1S/C28H26N4O4S/c1-21-13-15-23(16-14-21)32(37(35,36)24-9-3-2-4-10-24)20-27(33)31-26-12-6-5-11-25(26)28(34)30-19-22-8-7-17-29-18-22/h2-18H,19-20H2,1H3,(H,30,34)(H,31,33). The fraction of sp³-hybridized carbons (Fsp3) is 0.107. The summed E-state index contributed by atoms with van der Waals surface area (Å²) in [6, 6.07) is 25.0. The van der Waals surface area contributed by atoms with Gasteiger partial charge >= 0.3 is 0 Å². The third-order valence-corrected chi connectivity index (χ3v) is 7.35. The molecule has 0 unspecified atom stereocenters. The van der Waals surface area contributed by atoms with Crippen molar-refractivity contribution in [2.45, 2.75) is 18.4 Å². The molecule has 0 atom stereocenters. The zero-order valence-electron chi connectivity index (χ0n) is 20.2. The molecule has 8 nitrogen and oxygen atoms in total. The van der Waals surface area contributed by atoms with Gasteiger partial charge in [-0.3, -0.25) is 18.9 Å². The molecule has 2 N–H and O–H groups in total. The van der Waals surface area contributed by atoms with Crippen LogP contribution in [-0.4, -0.2) is 31.8 Å². The zero-order chi connectivity index (χ0) is 26.3. The van der Waals surface area contributed by atoms with Gasteiger partial charge in [0.25, 0.3) is 15.9 Å². The molecule has 0 aliphatic heterocycles. The summed E-state index contributed by atoms with van der Waals surface area (Å²) in [6.07, 6.45) is 3.30. The summed E-state index contributed by atoms with van der Waals surface area (Å²) in [5, 5.41) is 5.52. The SMILES string of the molecule is Cc1ccc(N(CC(=O)Nc2ccccc2C(=O)NCc2cccnc2)S(=O)(=O)c2ccccc2)cc1. The average molecular weight is 515 g/mol. The fourth-order valence-electron chi connectivity index (χ4n) is 3.64. The van der Waals surface area contributed by atoms with E-state index in [-0.39, 0.29) is 28.6 Å². The molecule has 1 heterocycles. The molecule has 0 aliphatic carbocycles. The van der Waals surface area contributed by atoms with Crippen LogP contribution in [0, 0.1) is 6.92 Å². The normalized spacial score (nSPS) is 10.9. The lowest BCUT2D eigenvalue weighted by atomic mass is 10.1. The van der Waals surface area contributed by atoms with E-state index in [1.165, 1.54) is 12.1 Å². The van der Waals surface area contributed by atoms with Gasteiger partial charge in [0.05, 0.1) is 21.8 Å². The zero-order valence-corrected chi connectivity index (χ0v) is 21.0. The van der Waals surface area contributed by atoms with E-state index in [1.807, 2.05) is 13.0 Å². The number of aromatic nitrogens is 1. The first-order valence-corrected chi connectivity index (χ1v) is 13.0. The molecule has 4 rings (SSSR count). The number of nitrogens with one attached hydrogen (secondary N) is 2. The lowest BCUT2D eigenvalue weighted by Crippen LogP contribution is -2.38. The van der Waals surface area contributed by atoms with Crippen molar-refractivity contribution in [2.75, 3.05) is 16.2 Å². The quantitative estimate of drug-likeness (QED) is 0.349. The monoisotopic (exact) mass is 514 g/mol. The number of aryl methyl sites for hydroxylation is 1. The Morgan fingerprint density at radius 3 is 2.27 bits per heavy atom. The molecule has 0 bridgehead atoms. The van der Waals surface area contributed by atoms with Crippen molar-refractivity contribution in [3.63, 3.8) is 0 Å². The van der Waals surface area contributed by atoms with Gasteiger partial charge in [-0.05, 0) is 55.0 Å². The van der Waals surface area contributed by atoms with Gasteiger partial charge in [-0.25, -0.2) is 8.42 Å². The summed E-state index contributed by atoms with van der Waals surface area (Å²) in [4.78, 5) is 30.1. The molecule has 3 aromatic carbocycles. The van der Waals surface area contributed by atoms with Crippen LogP contribution in [0.2, 0.25) is 0 Å². The first kappa shape index (κ1) is 25.6. The van der Waals surface area contributed by atoms with Gasteiger partial charge in [0.2, 0.25) is 5.91 Å². The molecule has 0 aliphatic rings. The Morgan fingerprint density at radius 2 is 1.57 bits per heavy atom. The van der Waals surface area contributed by atoms with Crippen molar-refractivity contribution in [2.24, 2.45) is 0 Å². The van der Waals surface area contributed by atoms with Crippen LogP contribution in [-0.2, 0) is 21.4 Å². The van der Waals surface area contributed by atoms with E-state index in [0.29, 0.717) is 5.69 Å². The second-order valence-corrected chi connectivity index (χ2v) is 10.2. The molecule has 4 aromatic rings. The molecule has 9 heteroatoms. The van der Waals surface area contributed by atoms with Crippen LogP contribution < -0.4 is 14.9 Å². The number of carbonyl (C=O) groups is 2. The minimum Gasteiger partial charge on any atom is -0.348 e. The summed E-state index contributed by atoms with van der Waals surface area (Å²) in [6.45, 7) is 1.68. The number of carbonyl (C=O) groups excluding carboxylic acids is 2. The van der Waals surface area contributed by atoms with Gasteiger partial charge in [-0.1, -0.05) is 54.1 Å². The number of hydrogen-bond donors (Lipinski definition) is 2. The van der Waals surface area contributed by atoms with Gasteiger partial charge in [0, 0.05) is 18.9 Å². The van der Waals surface area contributed by atoms with Crippen molar-refractivity contribution in [1.29, 1.82) is 0 Å².